The highest BCUT2D eigenvalue weighted by molar-refractivity contribution is 6.30. The first-order chi connectivity index (χ1) is 9.09. The van der Waals surface area contributed by atoms with Gasteiger partial charge in [-0.2, -0.15) is 22.0 Å². The highest BCUT2D eigenvalue weighted by Gasteiger charge is 2.63. The topological polar surface area (TPSA) is 29.1 Å². The van der Waals surface area contributed by atoms with Crippen LogP contribution in [0.4, 0.5) is 22.0 Å². The van der Waals surface area contributed by atoms with Crippen LogP contribution in [0, 0.1) is 0 Å². The summed E-state index contributed by atoms with van der Waals surface area (Å²) in [7, 11) is 0. The molecule has 0 bridgehead atoms. The third-order valence-corrected chi connectivity index (χ3v) is 2.84. The van der Waals surface area contributed by atoms with Gasteiger partial charge in [0.25, 0.3) is 0 Å². The van der Waals surface area contributed by atoms with E-state index in [1.165, 1.54) is 31.2 Å². The molecule has 0 saturated heterocycles. The van der Waals surface area contributed by atoms with Crippen LogP contribution in [0.15, 0.2) is 24.3 Å². The van der Waals surface area contributed by atoms with E-state index in [0.29, 0.717) is 5.56 Å². The Labute approximate surface area is 116 Å². The van der Waals surface area contributed by atoms with Crippen LogP contribution in [0.2, 0.25) is 5.02 Å². The number of hydrogen-bond donors (Lipinski definition) is 1. The van der Waals surface area contributed by atoms with E-state index in [2.05, 4.69) is 0 Å². The van der Waals surface area contributed by atoms with E-state index >= 15 is 0 Å². The molecule has 1 amide bonds. The molecule has 0 radical (unpaired) electrons. The molecule has 1 atom stereocenters. The molecular formula is C12H11ClF5NO. The number of benzene rings is 1. The Morgan fingerprint density at radius 1 is 1.30 bits per heavy atom. The summed E-state index contributed by atoms with van der Waals surface area (Å²) in [6.45, 7) is 1.54. The van der Waals surface area contributed by atoms with Crippen LogP contribution >= 0.6 is 11.6 Å². The van der Waals surface area contributed by atoms with Gasteiger partial charge in [-0.15, -0.1) is 0 Å². The Morgan fingerprint density at radius 3 is 2.35 bits per heavy atom. The molecule has 0 aliphatic heterocycles. The molecule has 0 spiro atoms. The standard InChI is InChI=1S/C12H11ClF5NO/c1-2-9(7-4-3-5-8(13)6-7)19-10(20)11(14,15)12(16,17)18/h3-6,9H,2H2,1H3,(H,19,20). The quantitative estimate of drug-likeness (QED) is 0.833. The fraction of sp³-hybridized carbons (Fsp3) is 0.417. The zero-order valence-corrected chi connectivity index (χ0v) is 11.0. The number of amides is 1. The van der Waals surface area contributed by atoms with Crippen molar-refractivity contribution >= 4 is 17.5 Å². The summed E-state index contributed by atoms with van der Waals surface area (Å²) in [6.07, 6.45) is -5.79. The maximum absolute atomic E-state index is 12.9. The molecule has 0 heterocycles. The van der Waals surface area contributed by atoms with E-state index in [9.17, 15) is 26.7 Å². The summed E-state index contributed by atoms with van der Waals surface area (Å²) < 4.78 is 61.9. The summed E-state index contributed by atoms with van der Waals surface area (Å²) in [4.78, 5) is 11.1. The zero-order chi connectivity index (χ0) is 15.6. The van der Waals surface area contributed by atoms with Gasteiger partial charge in [-0.3, -0.25) is 4.79 Å². The third kappa shape index (κ3) is 3.59. The highest BCUT2D eigenvalue weighted by Crippen LogP contribution is 2.36. The average molecular weight is 316 g/mol. The van der Waals surface area contributed by atoms with Crippen molar-refractivity contribution in [2.45, 2.75) is 31.5 Å². The molecule has 1 rings (SSSR count). The second-order valence-corrected chi connectivity index (χ2v) is 4.50. The molecule has 0 aliphatic rings. The Bertz CT molecular complexity index is 489. The van der Waals surface area contributed by atoms with Gasteiger partial charge in [0.15, 0.2) is 0 Å². The van der Waals surface area contributed by atoms with Crippen molar-refractivity contribution in [1.82, 2.24) is 5.32 Å². The predicted octanol–water partition coefficient (Wildman–Crippen LogP) is 4.10. The van der Waals surface area contributed by atoms with Gasteiger partial charge in [0.2, 0.25) is 0 Å². The van der Waals surface area contributed by atoms with Crippen LogP contribution in [-0.4, -0.2) is 18.0 Å². The van der Waals surface area contributed by atoms with Crippen LogP contribution < -0.4 is 5.32 Å². The molecule has 0 saturated carbocycles. The van der Waals surface area contributed by atoms with Crippen LogP contribution in [0.5, 0.6) is 0 Å². The Balaban J connectivity index is 2.92. The van der Waals surface area contributed by atoms with Crippen molar-refractivity contribution in [1.29, 1.82) is 0 Å². The fourth-order valence-electron chi connectivity index (χ4n) is 1.52. The number of nitrogens with one attached hydrogen (secondary N) is 1. The van der Waals surface area contributed by atoms with E-state index in [4.69, 9.17) is 11.6 Å². The molecule has 0 aromatic heterocycles. The van der Waals surface area contributed by atoms with Gasteiger partial charge < -0.3 is 5.32 Å². The van der Waals surface area contributed by atoms with Crippen LogP contribution in [-0.2, 0) is 4.79 Å². The van der Waals surface area contributed by atoms with E-state index in [1.54, 1.807) is 5.32 Å². The lowest BCUT2D eigenvalue weighted by atomic mass is 10.0. The minimum Gasteiger partial charge on any atom is -0.344 e. The normalized spacial score (nSPS) is 13.9. The summed E-state index contributed by atoms with van der Waals surface area (Å²) in [5, 5.41) is 1.98. The minimum atomic E-state index is -5.93. The van der Waals surface area contributed by atoms with Crippen molar-refractivity contribution in [2.75, 3.05) is 0 Å². The van der Waals surface area contributed by atoms with Crippen LogP contribution in [0.3, 0.4) is 0 Å². The number of rotatable bonds is 4. The molecular weight excluding hydrogens is 305 g/mol. The van der Waals surface area contributed by atoms with Gasteiger partial charge in [0, 0.05) is 5.02 Å². The molecule has 1 aromatic rings. The molecule has 20 heavy (non-hydrogen) atoms. The number of halogens is 6. The smallest absolute Gasteiger partial charge is 0.344 e. The molecule has 1 N–H and O–H groups in total. The number of carbonyl (C=O) groups excluding carboxylic acids is 1. The first kappa shape index (κ1) is 16.7. The van der Waals surface area contributed by atoms with Crippen molar-refractivity contribution in [2.24, 2.45) is 0 Å². The van der Waals surface area contributed by atoms with E-state index in [0.717, 1.165) is 0 Å². The third-order valence-electron chi connectivity index (χ3n) is 2.61. The minimum absolute atomic E-state index is 0.139. The number of carbonyl (C=O) groups is 1. The van der Waals surface area contributed by atoms with Gasteiger partial charge in [0.05, 0.1) is 6.04 Å². The first-order valence-electron chi connectivity index (χ1n) is 5.60. The van der Waals surface area contributed by atoms with Gasteiger partial charge in [-0.1, -0.05) is 30.7 Å². The molecule has 0 aliphatic carbocycles. The summed E-state index contributed by atoms with van der Waals surface area (Å²) in [5.41, 5.74) is 0.353. The largest absolute Gasteiger partial charge is 0.463 e. The first-order valence-corrected chi connectivity index (χ1v) is 5.98. The molecule has 1 aromatic carbocycles. The Morgan fingerprint density at radius 2 is 1.90 bits per heavy atom. The van der Waals surface area contributed by atoms with E-state index in [-0.39, 0.29) is 11.4 Å². The van der Waals surface area contributed by atoms with Crippen LogP contribution in [0.25, 0.3) is 0 Å². The number of alkyl halides is 5. The van der Waals surface area contributed by atoms with Crippen molar-refractivity contribution in [3.8, 4) is 0 Å². The number of hydrogen-bond acceptors (Lipinski definition) is 1. The van der Waals surface area contributed by atoms with Crippen molar-refractivity contribution in [3.05, 3.63) is 34.9 Å². The zero-order valence-electron chi connectivity index (χ0n) is 10.3. The SMILES string of the molecule is CCC(NC(=O)C(F)(F)C(F)(F)F)c1cccc(Cl)c1. The molecule has 2 nitrogen and oxygen atoms in total. The molecule has 112 valence electrons. The van der Waals surface area contributed by atoms with Gasteiger partial charge in [-0.05, 0) is 24.1 Å². The second kappa shape index (κ2) is 5.95. The van der Waals surface area contributed by atoms with Crippen molar-refractivity contribution in [3.63, 3.8) is 0 Å². The monoisotopic (exact) mass is 315 g/mol. The van der Waals surface area contributed by atoms with E-state index < -0.39 is 24.0 Å². The van der Waals surface area contributed by atoms with Crippen LogP contribution in [0.1, 0.15) is 24.9 Å². The lowest BCUT2D eigenvalue weighted by molar-refractivity contribution is -0.270. The molecule has 0 fully saturated rings. The molecule has 8 heteroatoms. The van der Waals surface area contributed by atoms with Gasteiger partial charge in [-0.25, -0.2) is 0 Å². The van der Waals surface area contributed by atoms with Crippen molar-refractivity contribution < 1.29 is 26.7 Å². The maximum atomic E-state index is 12.9. The van der Waals surface area contributed by atoms with Gasteiger partial charge >= 0.3 is 18.0 Å². The summed E-state index contributed by atoms with van der Waals surface area (Å²) in [6, 6.07) is 4.92. The van der Waals surface area contributed by atoms with E-state index in [1.807, 2.05) is 0 Å². The Hall–Kier alpha value is -1.37. The second-order valence-electron chi connectivity index (χ2n) is 4.06. The summed E-state index contributed by atoms with van der Waals surface area (Å²) in [5.74, 6) is -7.81. The lowest BCUT2D eigenvalue weighted by Gasteiger charge is -2.23. The average Bonchev–Trinajstić information content (AvgIpc) is 2.34. The summed E-state index contributed by atoms with van der Waals surface area (Å²) >= 11 is 5.70. The highest BCUT2D eigenvalue weighted by atomic mass is 35.5. The fourth-order valence-corrected chi connectivity index (χ4v) is 1.72. The predicted molar refractivity (Wildman–Crippen MR) is 63.6 cm³/mol. The Kier molecular flexibility index (Phi) is 4.96. The maximum Gasteiger partial charge on any atom is 0.463 e. The lowest BCUT2D eigenvalue weighted by Crippen LogP contribution is -2.51. The van der Waals surface area contributed by atoms with Gasteiger partial charge in [0.1, 0.15) is 0 Å². The molecule has 1 unspecified atom stereocenters.